The first-order valence-corrected chi connectivity index (χ1v) is 13.3. The normalized spacial score (nSPS) is 12.6. The van der Waals surface area contributed by atoms with E-state index in [9.17, 15) is 13.2 Å². The molecule has 0 bridgehead atoms. The summed E-state index contributed by atoms with van der Waals surface area (Å²) in [5.41, 5.74) is 3.21. The summed E-state index contributed by atoms with van der Waals surface area (Å²) in [6.07, 6.45) is 5.94. The molecule has 1 atom stereocenters. The fourth-order valence-corrected chi connectivity index (χ4v) is 4.99. The Bertz CT molecular complexity index is 1850. The average molecular weight is 552 g/mol. The lowest BCUT2D eigenvalue weighted by Crippen LogP contribution is -2.17. The van der Waals surface area contributed by atoms with E-state index in [0.29, 0.717) is 33.4 Å². The van der Waals surface area contributed by atoms with E-state index in [-0.39, 0.29) is 16.3 Å². The predicted octanol–water partition coefficient (Wildman–Crippen LogP) is 4.49. The van der Waals surface area contributed by atoms with Crippen LogP contribution in [0.5, 0.6) is 5.75 Å². The van der Waals surface area contributed by atoms with Crippen LogP contribution in [0.2, 0.25) is 5.15 Å². The maximum absolute atomic E-state index is 13.4. The number of pyridine rings is 2. The number of sulfonamides is 1. The molecule has 0 saturated carbocycles. The summed E-state index contributed by atoms with van der Waals surface area (Å²) >= 11 is 5.88. The van der Waals surface area contributed by atoms with Crippen molar-refractivity contribution in [3.05, 3.63) is 93.3 Å². The molecule has 4 aromatic heterocycles. The molecule has 0 radical (unpaired) electrons. The number of primary sulfonamides is 1. The number of nitrogens with two attached hydrogens (primary N) is 1. The maximum atomic E-state index is 13.4. The van der Waals surface area contributed by atoms with Crippen LogP contribution in [-0.2, 0) is 10.0 Å². The SMILES string of the molecule is Cc1cc([C@@H](C)Oc2ccc(Cl)nc2S(N)(=O)=O)c2oc(-c3cnn(-c4cccnc4)c3)c(C)c(=O)c2c1. The first-order chi connectivity index (χ1) is 18.0. The van der Waals surface area contributed by atoms with Crippen molar-refractivity contribution in [3.63, 3.8) is 0 Å². The molecule has 0 saturated heterocycles. The number of aryl methyl sites for hydroxylation is 1. The maximum Gasteiger partial charge on any atom is 0.259 e. The highest BCUT2D eigenvalue weighted by Gasteiger charge is 2.24. The lowest BCUT2D eigenvalue weighted by Gasteiger charge is -2.19. The van der Waals surface area contributed by atoms with Crippen molar-refractivity contribution in [2.24, 2.45) is 5.14 Å². The zero-order chi connectivity index (χ0) is 27.2. The molecule has 0 aliphatic rings. The zero-order valence-corrected chi connectivity index (χ0v) is 22.1. The smallest absolute Gasteiger partial charge is 0.259 e. The van der Waals surface area contributed by atoms with Gasteiger partial charge >= 0.3 is 0 Å². The Hall–Kier alpha value is -4.06. The topological polar surface area (TPSA) is 143 Å². The van der Waals surface area contributed by atoms with Gasteiger partial charge in [-0.2, -0.15) is 5.10 Å². The van der Waals surface area contributed by atoms with Gasteiger partial charge in [0.2, 0.25) is 5.03 Å². The molecular formula is C26H22ClN5O5S. The standard InChI is InChI=1S/C26H22ClN5O5S/c1-14-9-19(16(3)36-21-6-7-22(27)31-26(21)38(28,34)35)25-20(10-14)23(33)15(2)24(37-25)17-11-30-32(13-17)18-5-4-8-29-12-18/h4-13,16H,1-3H3,(H2,28,34,35)/t16-/m1/s1. The van der Waals surface area contributed by atoms with Crippen molar-refractivity contribution in [2.45, 2.75) is 31.9 Å². The van der Waals surface area contributed by atoms with Crippen molar-refractivity contribution in [3.8, 4) is 22.8 Å². The average Bonchev–Trinajstić information content (AvgIpc) is 3.37. The highest BCUT2D eigenvalue weighted by Crippen LogP contribution is 2.34. The minimum Gasteiger partial charge on any atom is -0.483 e. The van der Waals surface area contributed by atoms with E-state index in [1.807, 2.05) is 19.1 Å². The fourth-order valence-electron chi connectivity index (χ4n) is 4.17. The molecule has 0 aliphatic carbocycles. The van der Waals surface area contributed by atoms with Gasteiger partial charge in [-0.3, -0.25) is 9.78 Å². The van der Waals surface area contributed by atoms with Crippen molar-refractivity contribution in [1.82, 2.24) is 19.7 Å². The van der Waals surface area contributed by atoms with E-state index >= 15 is 0 Å². The number of aromatic nitrogens is 4. The van der Waals surface area contributed by atoms with Crippen molar-refractivity contribution < 1.29 is 17.6 Å². The molecule has 194 valence electrons. The molecule has 0 aliphatic heterocycles. The van der Waals surface area contributed by atoms with Crippen LogP contribution in [0.15, 0.2) is 75.4 Å². The summed E-state index contributed by atoms with van der Waals surface area (Å²) in [5.74, 6) is 0.278. The quantitative estimate of drug-likeness (QED) is 0.304. The number of benzene rings is 1. The van der Waals surface area contributed by atoms with E-state index in [0.717, 1.165) is 11.3 Å². The summed E-state index contributed by atoms with van der Waals surface area (Å²) in [5, 5.41) is 9.54. The van der Waals surface area contributed by atoms with Crippen LogP contribution in [0.4, 0.5) is 0 Å². The largest absolute Gasteiger partial charge is 0.483 e. The fraction of sp³-hybridized carbons (Fsp3) is 0.154. The van der Waals surface area contributed by atoms with Crippen LogP contribution in [0.3, 0.4) is 0 Å². The summed E-state index contributed by atoms with van der Waals surface area (Å²) < 4.78 is 38.1. The molecule has 5 aromatic rings. The van der Waals surface area contributed by atoms with Crippen LogP contribution in [0, 0.1) is 13.8 Å². The van der Waals surface area contributed by atoms with Gasteiger partial charge in [0.25, 0.3) is 10.0 Å². The molecule has 2 N–H and O–H groups in total. The number of fused-ring (bicyclic) bond motifs is 1. The molecule has 0 fully saturated rings. The Labute approximate surface area is 222 Å². The number of hydrogen-bond acceptors (Lipinski definition) is 8. The Balaban J connectivity index is 1.63. The first kappa shape index (κ1) is 25.6. The Morgan fingerprint density at radius 3 is 2.66 bits per heavy atom. The number of nitrogens with zero attached hydrogens (tertiary/aromatic N) is 4. The zero-order valence-electron chi connectivity index (χ0n) is 20.5. The second-order valence-electron chi connectivity index (χ2n) is 8.74. The summed E-state index contributed by atoms with van der Waals surface area (Å²) in [6, 6.07) is 9.98. The third kappa shape index (κ3) is 4.78. The van der Waals surface area contributed by atoms with E-state index in [2.05, 4.69) is 15.1 Å². The number of ether oxygens (including phenoxy) is 1. The van der Waals surface area contributed by atoms with Crippen LogP contribution < -0.4 is 15.3 Å². The van der Waals surface area contributed by atoms with Crippen LogP contribution >= 0.6 is 11.6 Å². The highest BCUT2D eigenvalue weighted by atomic mass is 35.5. The molecule has 38 heavy (non-hydrogen) atoms. The van der Waals surface area contributed by atoms with E-state index in [4.69, 9.17) is 25.9 Å². The predicted molar refractivity (Wildman–Crippen MR) is 142 cm³/mol. The minimum atomic E-state index is -4.22. The second-order valence-corrected chi connectivity index (χ2v) is 10.6. The highest BCUT2D eigenvalue weighted by molar-refractivity contribution is 7.89. The van der Waals surface area contributed by atoms with E-state index < -0.39 is 21.2 Å². The van der Waals surface area contributed by atoms with Gasteiger partial charge in [0, 0.05) is 23.5 Å². The van der Waals surface area contributed by atoms with E-state index in [1.165, 1.54) is 12.1 Å². The summed E-state index contributed by atoms with van der Waals surface area (Å²) in [7, 11) is -4.22. The van der Waals surface area contributed by atoms with Gasteiger partial charge in [0.05, 0.1) is 29.0 Å². The number of hydrogen-bond donors (Lipinski definition) is 1. The lowest BCUT2D eigenvalue weighted by molar-refractivity contribution is 0.219. The molecular weight excluding hydrogens is 530 g/mol. The first-order valence-electron chi connectivity index (χ1n) is 11.4. The lowest BCUT2D eigenvalue weighted by atomic mass is 10.0. The molecule has 4 heterocycles. The molecule has 12 heteroatoms. The minimum absolute atomic E-state index is 0.0482. The summed E-state index contributed by atoms with van der Waals surface area (Å²) in [4.78, 5) is 21.4. The van der Waals surface area contributed by atoms with Gasteiger partial charge in [-0.25, -0.2) is 23.2 Å². The van der Waals surface area contributed by atoms with Gasteiger partial charge in [-0.15, -0.1) is 0 Å². The van der Waals surface area contributed by atoms with Crippen molar-refractivity contribution in [1.29, 1.82) is 0 Å². The van der Waals surface area contributed by atoms with Crippen LogP contribution in [-0.4, -0.2) is 28.2 Å². The number of halogens is 1. The van der Waals surface area contributed by atoms with Crippen LogP contribution in [0.25, 0.3) is 28.0 Å². The molecule has 1 aromatic carbocycles. The molecule has 5 rings (SSSR count). The van der Waals surface area contributed by atoms with Crippen LogP contribution in [0.1, 0.15) is 29.7 Å². The Morgan fingerprint density at radius 1 is 1.16 bits per heavy atom. The Kier molecular flexibility index (Phi) is 6.51. The molecule has 0 spiro atoms. The molecule has 0 amide bonds. The van der Waals surface area contributed by atoms with Crippen molar-refractivity contribution >= 4 is 32.6 Å². The van der Waals surface area contributed by atoms with Gasteiger partial charge in [-0.05, 0) is 62.7 Å². The van der Waals surface area contributed by atoms with E-state index in [1.54, 1.807) is 55.4 Å². The summed E-state index contributed by atoms with van der Waals surface area (Å²) in [6.45, 7) is 5.24. The van der Waals surface area contributed by atoms with Gasteiger partial charge in [0.1, 0.15) is 22.6 Å². The number of rotatable bonds is 6. The molecule has 0 unspecified atom stereocenters. The molecule has 10 nitrogen and oxygen atoms in total. The third-order valence-corrected chi connectivity index (χ3v) is 6.99. The monoisotopic (exact) mass is 551 g/mol. The Morgan fingerprint density at radius 2 is 1.95 bits per heavy atom. The van der Waals surface area contributed by atoms with Gasteiger partial charge in [-0.1, -0.05) is 11.6 Å². The van der Waals surface area contributed by atoms with Crippen molar-refractivity contribution in [2.75, 3.05) is 0 Å². The van der Waals surface area contributed by atoms with Gasteiger partial charge < -0.3 is 9.15 Å². The second kappa shape index (κ2) is 9.67. The third-order valence-electron chi connectivity index (χ3n) is 5.95. The van der Waals surface area contributed by atoms with Gasteiger partial charge in [0.15, 0.2) is 11.2 Å².